The van der Waals surface area contributed by atoms with E-state index in [0.717, 1.165) is 36.6 Å². The third kappa shape index (κ3) is 4.96. The number of hydrogen-bond donors (Lipinski definition) is 0. The number of benzene rings is 2. The van der Waals surface area contributed by atoms with Gasteiger partial charge in [-0.05, 0) is 66.8 Å². The molecule has 10 heteroatoms. The number of amides is 1. The predicted molar refractivity (Wildman–Crippen MR) is 117 cm³/mol. The van der Waals surface area contributed by atoms with Crippen LogP contribution >= 0.6 is 11.8 Å². The van der Waals surface area contributed by atoms with E-state index in [2.05, 4.69) is 10.2 Å². The number of nitro groups is 1. The van der Waals surface area contributed by atoms with Crippen LogP contribution in [0.3, 0.4) is 0 Å². The summed E-state index contributed by atoms with van der Waals surface area (Å²) >= 11 is 1.13. The number of aryl methyl sites for hydroxylation is 1. The molecule has 2 heterocycles. The fourth-order valence-electron chi connectivity index (χ4n) is 3.86. The number of carbonyl (C=O) groups is 1. The van der Waals surface area contributed by atoms with Crippen LogP contribution in [-0.2, 0) is 13.5 Å². The summed E-state index contributed by atoms with van der Waals surface area (Å²) in [6, 6.07) is 11.1. The second-order valence-electron chi connectivity index (χ2n) is 7.84. The lowest BCUT2D eigenvalue weighted by Crippen LogP contribution is -2.38. The first-order chi connectivity index (χ1) is 15.4. The van der Waals surface area contributed by atoms with Crippen LogP contribution in [0.25, 0.3) is 0 Å². The smallest absolute Gasteiger partial charge is 0.284 e. The van der Waals surface area contributed by atoms with Gasteiger partial charge >= 0.3 is 0 Å². The standard InChI is InChI=1S/C22H22FN5O3S/c1-26-14-24-25-22(26)32-20-6-5-17(13-19(20)28(30)31)21(29)27-9-7-15(8-10-27)11-16-3-2-4-18(23)12-16/h2-6,12-15H,7-11H2,1H3. The van der Waals surface area contributed by atoms with Gasteiger partial charge in [0.25, 0.3) is 11.6 Å². The fraction of sp³-hybridized carbons (Fsp3) is 0.318. The predicted octanol–water partition coefficient (Wildman–Crippen LogP) is 4.11. The number of carbonyl (C=O) groups excluding carboxylic acids is 1. The van der Waals surface area contributed by atoms with Crippen molar-refractivity contribution in [3.63, 3.8) is 0 Å². The molecule has 1 saturated heterocycles. The molecule has 1 fully saturated rings. The zero-order valence-corrected chi connectivity index (χ0v) is 18.3. The van der Waals surface area contributed by atoms with E-state index in [4.69, 9.17) is 0 Å². The van der Waals surface area contributed by atoms with E-state index < -0.39 is 4.92 Å². The molecule has 1 aliphatic rings. The maximum absolute atomic E-state index is 13.4. The van der Waals surface area contributed by atoms with Crippen LogP contribution in [0.4, 0.5) is 10.1 Å². The summed E-state index contributed by atoms with van der Waals surface area (Å²) in [7, 11) is 1.75. The Kier molecular flexibility index (Phi) is 6.50. The normalized spacial score (nSPS) is 14.5. The number of likely N-dealkylation sites (tertiary alicyclic amines) is 1. The molecule has 2 aromatic carbocycles. The molecular weight excluding hydrogens is 433 g/mol. The lowest BCUT2D eigenvalue weighted by atomic mass is 9.90. The Bertz CT molecular complexity index is 1140. The monoisotopic (exact) mass is 455 g/mol. The van der Waals surface area contributed by atoms with E-state index in [1.54, 1.807) is 40.8 Å². The minimum Gasteiger partial charge on any atom is -0.339 e. The summed E-state index contributed by atoms with van der Waals surface area (Å²) < 4.78 is 15.1. The molecule has 0 saturated carbocycles. The van der Waals surface area contributed by atoms with Crippen molar-refractivity contribution in [3.05, 3.63) is 75.9 Å². The average Bonchev–Trinajstić information content (AvgIpc) is 3.18. The van der Waals surface area contributed by atoms with Gasteiger partial charge in [-0.15, -0.1) is 10.2 Å². The lowest BCUT2D eigenvalue weighted by molar-refractivity contribution is -0.387. The van der Waals surface area contributed by atoms with Crippen molar-refractivity contribution in [1.82, 2.24) is 19.7 Å². The Morgan fingerprint density at radius 3 is 2.69 bits per heavy atom. The Balaban J connectivity index is 1.42. The Hall–Kier alpha value is -3.27. The summed E-state index contributed by atoms with van der Waals surface area (Å²) in [5, 5.41) is 19.9. The number of piperidine rings is 1. The van der Waals surface area contributed by atoms with Crippen molar-refractivity contribution in [2.75, 3.05) is 13.1 Å². The van der Waals surface area contributed by atoms with Crippen LogP contribution in [0.15, 0.2) is 58.8 Å². The zero-order chi connectivity index (χ0) is 22.7. The third-order valence-electron chi connectivity index (χ3n) is 5.59. The number of aromatic nitrogens is 3. The van der Waals surface area contributed by atoms with E-state index >= 15 is 0 Å². The first-order valence-electron chi connectivity index (χ1n) is 10.2. The maximum atomic E-state index is 13.4. The van der Waals surface area contributed by atoms with Crippen LogP contribution in [0.5, 0.6) is 0 Å². The van der Waals surface area contributed by atoms with Crippen molar-refractivity contribution in [3.8, 4) is 0 Å². The van der Waals surface area contributed by atoms with Crippen LogP contribution < -0.4 is 0 Å². The molecule has 3 aromatic rings. The van der Waals surface area contributed by atoms with E-state index in [1.165, 1.54) is 18.5 Å². The van der Waals surface area contributed by atoms with E-state index in [9.17, 15) is 19.3 Å². The first kappa shape index (κ1) is 21.9. The van der Waals surface area contributed by atoms with Crippen molar-refractivity contribution in [2.24, 2.45) is 13.0 Å². The highest BCUT2D eigenvalue weighted by atomic mass is 32.2. The zero-order valence-electron chi connectivity index (χ0n) is 17.5. The van der Waals surface area contributed by atoms with E-state index in [0.29, 0.717) is 34.6 Å². The molecule has 32 heavy (non-hydrogen) atoms. The van der Waals surface area contributed by atoms with Gasteiger partial charge in [-0.2, -0.15) is 0 Å². The quantitative estimate of drug-likeness (QED) is 0.410. The molecule has 0 atom stereocenters. The second-order valence-corrected chi connectivity index (χ2v) is 8.84. The molecular formula is C22H22FN5O3S. The molecule has 0 aliphatic carbocycles. The van der Waals surface area contributed by atoms with Gasteiger partial charge in [-0.3, -0.25) is 14.9 Å². The lowest BCUT2D eigenvalue weighted by Gasteiger charge is -2.32. The largest absolute Gasteiger partial charge is 0.339 e. The summed E-state index contributed by atoms with van der Waals surface area (Å²) in [4.78, 5) is 26.3. The van der Waals surface area contributed by atoms with Crippen LogP contribution in [0, 0.1) is 21.8 Å². The Morgan fingerprint density at radius 2 is 2.03 bits per heavy atom. The minimum absolute atomic E-state index is 0.134. The van der Waals surface area contributed by atoms with Crippen LogP contribution in [0.1, 0.15) is 28.8 Å². The molecule has 1 amide bonds. The average molecular weight is 456 g/mol. The number of rotatable bonds is 6. The van der Waals surface area contributed by atoms with Crippen molar-refractivity contribution in [2.45, 2.75) is 29.3 Å². The molecule has 0 spiro atoms. The van der Waals surface area contributed by atoms with Crippen molar-refractivity contribution in [1.29, 1.82) is 0 Å². The molecule has 1 aliphatic heterocycles. The van der Waals surface area contributed by atoms with Crippen LogP contribution in [0.2, 0.25) is 0 Å². The molecule has 8 nitrogen and oxygen atoms in total. The van der Waals surface area contributed by atoms with Gasteiger partial charge in [0.2, 0.25) is 0 Å². The second kappa shape index (κ2) is 9.47. The highest BCUT2D eigenvalue weighted by Gasteiger charge is 2.26. The van der Waals surface area contributed by atoms with E-state index in [-0.39, 0.29) is 17.4 Å². The van der Waals surface area contributed by atoms with Gasteiger partial charge in [0, 0.05) is 31.8 Å². The van der Waals surface area contributed by atoms with Gasteiger partial charge < -0.3 is 9.47 Å². The molecule has 0 bridgehead atoms. The molecule has 0 unspecified atom stereocenters. The summed E-state index contributed by atoms with van der Waals surface area (Å²) in [6.07, 6.45) is 3.91. The van der Waals surface area contributed by atoms with Gasteiger partial charge in [-0.1, -0.05) is 12.1 Å². The van der Waals surface area contributed by atoms with Crippen molar-refractivity contribution < 1.29 is 14.1 Å². The highest BCUT2D eigenvalue weighted by molar-refractivity contribution is 7.99. The van der Waals surface area contributed by atoms with Crippen molar-refractivity contribution >= 4 is 23.4 Å². The maximum Gasteiger partial charge on any atom is 0.284 e. The Morgan fingerprint density at radius 1 is 1.25 bits per heavy atom. The highest BCUT2D eigenvalue weighted by Crippen LogP contribution is 2.34. The third-order valence-corrected chi connectivity index (χ3v) is 6.71. The number of halogens is 1. The summed E-state index contributed by atoms with van der Waals surface area (Å²) in [5.41, 5.74) is 1.12. The fourth-order valence-corrected chi connectivity index (χ4v) is 4.71. The summed E-state index contributed by atoms with van der Waals surface area (Å²) in [5.74, 6) is -0.0784. The topological polar surface area (TPSA) is 94.2 Å². The van der Waals surface area contributed by atoms with Gasteiger partial charge in [-0.25, -0.2) is 4.39 Å². The van der Waals surface area contributed by atoms with Crippen LogP contribution in [-0.4, -0.2) is 43.6 Å². The molecule has 4 rings (SSSR count). The summed E-state index contributed by atoms with van der Waals surface area (Å²) in [6.45, 7) is 1.14. The van der Waals surface area contributed by atoms with Gasteiger partial charge in [0.1, 0.15) is 12.1 Å². The molecule has 1 aromatic heterocycles. The Labute approximate surface area is 188 Å². The van der Waals surface area contributed by atoms with Gasteiger partial charge in [0.05, 0.1) is 9.82 Å². The van der Waals surface area contributed by atoms with Gasteiger partial charge in [0.15, 0.2) is 5.16 Å². The molecule has 0 N–H and O–H groups in total. The number of nitro benzene ring substituents is 1. The molecule has 166 valence electrons. The number of hydrogen-bond acceptors (Lipinski definition) is 6. The van der Waals surface area contributed by atoms with E-state index in [1.807, 2.05) is 6.07 Å². The first-order valence-corrected chi connectivity index (χ1v) is 11.1. The molecule has 0 radical (unpaired) electrons. The minimum atomic E-state index is -0.485. The SMILES string of the molecule is Cn1cnnc1Sc1ccc(C(=O)N2CCC(Cc3cccc(F)c3)CC2)cc1[N+](=O)[O-]. The number of nitrogens with zero attached hydrogens (tertiary/aromatic N) is 5.